The number of benzene rings is 1. The molecule has 0 saturated carbocycles. The SMILES string of the molecule is C[NH+]1CCN(S(=O)(=O)c2cccc(Cl)c2)CC1. The first-order valence-corrected chi connectivity index (χ1v) is 7.39. The fourth-order valence-corrected chi connectivity index (χ4v) is 3.63. The second-order valence-corrected chi connectivity index (χ2v) is 6.69. The number of piperazine rings is 1. The van der Waals surface area contributed by atoms with Crippen molar-refractivity contribution in [1.29, 1.82) is 0 Å². The Morgan fingerprint density at radius 3 is 2.53 bits per heavy atom. The predicted molar refractivity (Wildman–Crippen MR) is 66.8 cm³/mol. The molecular formula is C11H16ClN2O2S+. The summed E-state index contributed by atoms with van der Waals surface area (Å²) in [5.74, 6) is 0. The van der Waals surface area contributed by atoms with Crippen LogP contribution in [-0.4, -0.2) is 45.9 Å². The number of rotatable bonds is 2. The van der Waals surface area contributed by atoms with Crippen LogP contribution < -0.4 is 4.90 Å². The van der Waals surface area contributed by atoms with E-state index in [0.29, 0.717) is 18.1 Å². The van der Waals surface area contributed by atoms with Crippen molar-refractivity contribution in [3.05, 3.63) is 29.3 Å². The van der Waals surface area contributed by atoms with Gasteiger partial charge in [-0.3, -0.25) is 0 Å². The van der Waals surface area contributed by atoms with Gasteiger partial charge in [-0.05, 0) is 18.2 Å². The Morgan fingerprint density at radius 2 is 1.94 bits per heavy atom. The summed E-state index contributed by atoms with van der Waals surface area (Å²) in [4.78, 5) is 1.65. The molecule has 0 aliphatic carbocycles. The third kappa shape index (κ3) is 2.80. The molecule has 2 rings (SSSR count). The smallest absolute Gasteiger partial charge is 0.243 e. The minimum absolute atomic E-state index is 0.282. The Labute approximate surface area is 107 Å². The molecule has 17 heavy (non-hydrogen) atoms. The molecule has 0 atom stereocenters. The van der Waals surface area contributed by atoms with Gasteiger partial charge in [0.05, 0.1) is 38.1 Å². The van der Waals surface area contributed by atoms with Crippen LogP contribution in [0.15, 0.2) is 29.2 Å². The van der Waals surface area contributed by atoms with Gasteiger partial charge in [0.1, 0.15) is 0 Å². The molecule has 1 saturated heterocycles. The molecule has 0 radical (unpaired) electrons. The lowest BCUT2D eigenvalue weighted by Gasteiger charge is -2.29. The number of halogens is 1. The summed E-state index contributed by atoms with van der Waals surface area (Å²) in [5.41, 5.74) is 0. The first-order chi connectivity index (χ1) is 8.00. The molecule has 1 aromatic carbocycles. The maximum Gasteiger partial charge on any atom is 0.243 e. The fourth-order valence-electron chi connectivity index (χ4n) is 1.88. The molecule has 0 spiro atoms. The zero-order valence-electron chi connectivity index (χ0n) is 9.69. The number of sulfonamides is 1. The molecule has 1 heterocycles. The normalized spacial score (nSPS) is 19.4. The van der Waals surface area contributed by atoms with E-state index in [1.807, 2.05) is 0 Å². The minimum Gasteiger partial charge on any atom is -0.335 e. The molecule has 1 fully saturated rings. The number of hydrogen-bond acceptors (Lipinski definition) is 2. The molecule has 0 bridgehead atoms. The average molecular weight is 276 g/mol. The van der Waals surface area contributed by atoms with E-state index in [2.05, 4.69) is 7.05 Å². The Morgan fingerprint density at radius 1 is 1.29 bits per heavy atom. The van der Waals surface area contributed by atoms with E-state index in [4.69, 9.17) is 11.6 Å². The van der Waals surface area contributed by atoms with E-state index in [-0.39, 0.29) is 4.90 Å². The van der Waals surface area contributed by atoms with Crippen LogP contribution in [0.2, 0.25) is 5.02 Å². The van der Waals surface area contributed by atoms with Gasteiger partial charge in [0.25, 0.3) is 0 Å². The molecule has 1 aromatic rings. The van der Waals surface area contributed by atoms with E-state index in [0.717, 1.165) is 13.1 Å². The molecule has 0 aromatic heterocycles. The van der Waals surface area contributed by atoms with Gasteiger partial charge in [-0.25, -0.2) is 8.42 Å². The second kappa shape index (κ2) is 4.94. The molecule has 0 amide bonds. The Balaban J connectivity index is 2.25. The zero-order chi connectivity index (χ0) is 12.5. The van der Waals surface area contributed by atoms with Gasteiger partial charge in [0.2, 0.25) is 10.0 Å². The highest BCUT2D eigenvalue weighted by molar-refractivity contribution is 7.89. The number of quaternary nitrogens is 1. The average Bonchev–Trinajstić information content (AvgIpc) is 2.29. The topological polar surface area (TPSA) is 41.8 Å². The van der Waals surface area contributed by atoms with Crippen molar-refractivity contribution < 1.29 is 13.3 Å². The molecule has 0 unspecified atom stereocenters. The van der Waals surface area contributed by atoms with Gasteiger partial charge in [-0.2, -0.15) is 4.31 Å². The highest BCUT2D eigenvalue weighted by atomic mass is 35.5. The molecule has 1 aliphatic rings. The standard InChI is InChI=1S/C11H15ClN2O2S/c1-13-5-7-14(8-6-13)17(15,16)11-4-2-3-10(12)9-11/h2-4,9H,5-8H2,1H3/p+1. The first-order valence-electron chi connectivity index (χ1n) is 5.57. The molecule has 1 aliphatic heterocycles. The number of likely N-dealkylation sites (N-methyl/N-ethyl adjacent to an activating group) is 1. The fraction of sp³-hybridized carbons (Fsp3) is 0.455. The first kappa shape index (κ1) is 12.8. The van der Waals surface area contributed by atoms with Crippen molar-refractivity contribution in [1.82, 2.24) is 4.31 Å². The summed E-state index contributed by atoms with van der Waals surface area (Å²) in [6, 6.07) is 6.43. The summed E-state index contributed by atoms with van der Waals surface area (Å²) in [5, 5.41) is 0.450. The monoisotopic (exact) mass is 275 g/mol. The van der Waals surface area contributed by atoms with E-state index in [1.165, 1.54) is 15.3 Å². The van der Waals surface area contributed by atoms with Crippen LogP contribution in [0, 0.1) is 0 Å². The molecular weight excluding hydrogens is 260 g/mol. The summed E-state index contributed by atoms with van der Waals surface area (Å²) in [6.07, 6.45) is 0. The molecule has 6 heteroatoms. The summed E-state index contributed by atoms with van der Waals surface area (Å²) < 4.78 is 26.1. The Bertz CT molecular complexity index is 496. The van der Waals surface area contributed by atoms with E-state index in [1.54, 1.807) is 18.2 Å². The molecule has 94 valence electrons. The van der Waals surface area contributed by atoms with E-state index < -0.39 is 10.0 Å². The molecule has 4 nitrogen and oxygen atoms in total. The largest absolute Gasteiger partial charge is 0.335 e. The summed E-state index contributed by atoms with van der Waals surface area (Å²) in [7, 11) is -1.30. The van der Waals surface area contributed by atoms with Crippen LogP contribution in [-0.2, 0) is 10.0 Å². The van der Waals surface area contributed by atoms with E-state index >= 15 is 0 Å². The number of nitrogens with zero attached hydrogens (tertiary/aromatic N) is 1. The summed E-state index contributed by atoms with van der Waals surface area (Å²) >= 11 is 5.83. The van der Waals surface area contributed by atoms with Crippen molar-refractivity contribution in [3.8, 4) is 0 Å². The number of hydrogen-bond donors (Lipinski definition) is 1. The van der Waals surface area contributed by atoms with Crippen molar-refractivity contribution >= 4 is 21.6 Å². The predicted octanol–water partition coefficient (Wildman–Crippen LogP) is -0.141. The number of nitrogens with one attached hydrogen (secondary N) is 1. The van der Waals surface area contributed by atoms with Gasteiger partial charge in [0, 0.05) is 5.02 Å². The van der Waals surface area contributed by atoms with Crippen molar-refractivity contribution in [2.45, 2.75) is 4.90 Å². The van der Waals surface area contributed by atoms with Crippen LogP contribution in [0.3, 0.4) is 0 Å². The highest BCUT2D eigenvalue weighted by Gasteiger charge is 2.28. The van der Waals surface area contributed by atoms with Crippen LogP contribution in [0.4, 0.5) is 0 Å². The third-order valence-electron chi connectivity index (χ3n) is 3.01. The van der Waals surface area contributed by atoms with Gasteiger partial charge in [0.15, 0.2) is 0 Å². The van der Waals surface area contributed by atoms with Crippen LogP contribution in [0.25, 0.3) is 0 Å². The van der Waals surface area contributed by atoms with Crippen molar-refractivity contribution in [2.24, 2.45) is 0 Å². The Hall–Kier alpha value is -0.620. The quantitative estimate of drug-likeness (QED) is 0.816. The van der Waals surface area contributed by atoms with E-state index in [9.17, 15) is 8.42 Å². The minimum atomic E-state index is -3.37. The highest BCUT2D eigenvalue weighted by Crippen LogP contribution is 2.19. The lowest BCUT2D eigenvalue weighted by molar-refractivity contribution is -0.883. The maximum absolute atomic E-state index is 12.3. The third-order valence-corrected chi connectivity index (χ3v) is 5.14. The van der Waals surface area contributed by atoms with Crippen molar-refractivity contribution in [3.63, 3.8) is 0 Å². The van der Waals surface area contributed by atoms with Gasteiger partial charge >= 0.3 is 0 Å². The van der Waals surface area contributed by atoms with Crippen molar-refractivity contribution in [2.75, 3.05) is 33.2 Å². The maximum atomic E-state index is 12.3. The second-order valence-electron chi connectivity index (χ2n) is 4.32. The van der Waals surface area contributed by atoms with Crippen LogP contribution in [0.1, 0.15) is 0 Å². The van der Waals surface area contributed by atoms with Gasteiger partial charge < -0.3 is 4.90 Å². The van der Waals surface area contributed by atoms with Crippen LogP contribution >= 0.6 is 11.6 Å². The Kier molecular flexibility index (Phi) is 3.73. The lowest BCUT2D eigenvalue weighted by atomic mass is 10.4. The molecule has 1 N–H and O–H groups in total. The zero-order valence-corrected chi connectivity index (χ0v) is 11.3. The lowest BCUT2D eigenvalue weighted by Crippen LogP contribution is -3.12. The summed E-state index contributed by atoms with van der Waals surface area (Å²) in [6.45, 7) is 2.83. The van der Waals surface area contributed by atoms with Gasteiger partial charge in [-0.15, -0.1) is 0 Å². The van der Waals surface area contributed by atoms with Gasteiger partial charge in [-0.1, -0.05) is 17.7 Å². The van der Waals surface area contributed by atoms with Crippen LogP contribution in [0.5, 0.6) is 0 Å².